The quantitative estimate of drug-likeness (QED) is 0.154. The number of aryl methyl sites for hydroxylation is 1. The van der Waals surface area contributed by atoms with Crippen LogP contribution in [0.15, 0.2) is 102 Å². The number of sulfonamides is 1. The molecular weight excluding hydrogens is 650 g/mol. The van der Waals surface area contributed by atoms with Gasteiger partial charge in [-0.15, -0.1) is 0 Å². The smallest absolute Gasteiger partial charge is 0.264 e. The topological polar surface area (TPSA) is 105 Å². The van der Waals surface area contributed by atoms with E-state index in [0.29, 0.717) is 23.5 Å². The molecule has 11 heteroatoms. The minimum absolute atomic E-state index is 0.00235. The highest BCUT2D eigenvalue weighted by atomic mass is 35.5. The Morgan fingerprint density at radius 1 is 0.875 bits per heavy atom. The molecule has 254 valence electrons. The number of halogens is 1. The Morgan fingerprint density at radius 3 is 2.19 bits per heavy atom. The summed E-state index contributed by atoms with van der Waals surface area (Å²) in [5.41, 5.74) is 2.60. The highest BCUT2D eigenvalue weighted by Crippen LogP contribution is 2.32. The summed E-state index contributed by atoms with van der Waals surface area (Å²) in [5.74, 6) is 0.00861. The molecule has 0 saturated heterocycles. The van der Waals surface area contributed by atoms with Gasteiger partial charge in [-0.05, 0) is 73.9 Å². The second kappa shape index (κ2) is 16.5. The van der Waals surface area contributed by atoms with E-state index in [-0.39, 0.29) is 40.5 Å². The van der Waals surface area contributed by atoms with E-state index in [9.17, 15) is 18.0 Å². The van der Waals surface area contributed by atoms with E-state index in [0.717, 1.165) is 15.4 Å². The van der Waals surface area contributed by atoms with Gasteiger partial charge in [0.25, 0.3) is 10.0 Å². The van der Waals surface area contributed by atoms with E-state index >= 15 is 0 Å². The largest absolute Gasteiger partial charge is 0.497 e. The zero-order valence-electron chi connectivity index (χ0n) is 27.9. The van der Waals surface area contributed by atoms with Crippen LogP contribution in [0.3, 0.4) is 0 Å². The van der Waals surface area contributed by atoms with Crippen LogP contribution in [0.1, 0.15) is 37.0 Å². The molecule has 0 aliphatic carbocycles. The molecular formula is C37H42ClN3O6S. The lowest BCUT2D eigenvalue weighted by atomic mass is 10.0. The fraction of sp³-hybridized carbons (Fsp3) is 0.297. The molecule has 4 aromatic carbocycles. The molecule has 0 spiro atoms. The summed E-state index contributed by atoms with van der Waals surface area (Å²) in [6.07, 6.45) is 0.895. The number of nitrogens with zero attached hydrogens (tertiary/aromatic N) is 2. The fourth-order valence-electron chi connectivity index (χ4n) is 5.14. The van der Waals surface area contributed by atoms with Gasteiger partial charge in [0, 0.05) is 19.0 Å². The van der Waals surface area contributed by atoms with Crippen molar-refractivity contribution in [2.24, 2.45) is 0 Å². The minimum Gasteiger partial charge on any atom is -0.497 e. The van der Waals surface area contributed by atoms with Crippen LogP contribution in [0, 0.1) is 6.92 Å². The maximum atomic E-state index is 14.7. The van der Waals surface area contributed by atoms with Crippen LogP contribution >= 0.6 is 11.6 Å². The molecule has 0 bridgehead atoms. The van der Waals surface area contributed by atoms with Crippen molar-refractivity contribution in [1.82, 2.24) is 10.2 Å². The van der Waals surface area contributed by atoms with Crippen molar-refractivity contribution in [1.29, 1.82) is 0 Å². The van der Waals surface area contributed by atoms with Gasteiger partial charge in [-0.1, -0.05) is 78.7 Å². The van der Waals surface area contributed by atoms with Crippen molar-refractivity contribution in [2.45, 2.75) is 57.1 Å². The fourth-order valence-corrected chi connectivity index (χ4v) is 6.80. The van der Waals surface area contributed by atoms with Crippen molar-refractivity contribution in [3.8, 4) is 11.5 Å². The van der Waals surface area contributed by atoms with E-state index in [1.54, 1.807) is 43.5 Å². The number of anilines is 1. The number of carbonyl (C=O) groups is 2. The molecule has 4 aromatic rings. The molecule has 9 nitrogen and oxygen atoms in total. The van der Waals surface area contributed by atoms with Gasteiger partial charge >= 0.3 is 0 Å². The normalized spacial score (nSPS) is 12.5. The Labute approximate surface area is 288 Å². The Morgan fingerprint density at radius 2 is 1.56 bits per heavy atom. The van der Waals surface area contributed by atoms with E-state index in [1.807, 2.05) is 57.2 Å². The minimum atomic E-state index is -4.28. The summed E-state index contributed by atoms with van der Waals surface area (Å²) in [6, 6.07) is 26.4. The number of rotatable bonds is 15. The molecule has 4 rings (SSSR count). The van der Waals surface area contributed by atoms with E-state index < -0.39 is 28.5 Å². The van der Waals surface area contributed by atoms with E-state index in [4.69, 9.17) is 21.1 Å². The van der Waals surface area contributed by atoms with Gasteiger partial charge in [0.15, 0.2) is 0 Å². The molecule has 0 saturated carbocycles. The molecule has 0 unspecified atom stereocenters. The van der Waals surface area contributed by atoms with Crippen LogP contribution in [0.2, 0.25) is 5.02 Å². The van der Waals surface area contributed by atoms with Crippen LogP contribution < -0.4 is 19.1 Å². The van der Waals surface area contributed by atoms with E-state index in [2.05, 4.69) is 5.32 Å². The summed E-state index contributed by atoms with van der Waals surface area (Å²) in [4.78, 5) is 30.1. The maximum Gasteiger partial charge on any atom is 0.264 e. The number of methoxy groups -OCH3 is 2. The molecule has 0 radical (unpaired) electrons. The van der Waals surface area contributed by atoms with Crippen LogP contribution in [0.4, 0.5) is 5.69 Å². The third kappa shape index (κ3) is 9.08. The van der Waals surface area contributed by atoms with Crippen molar-refractivity contribution in [3.63, 3.8) is 0 Å². The zero-order valence-corrected chi connectivity index (χ0v) is 29.4. The first-order valence-corrected chi connectivity index (χ1v) is 17.5. The Kier molecular flexibility index (Phi) is 12.5. The highest BCUT2D eigenvalue weighted by molar-refractivity contribution is 7.92. The van der Waals surface area contributed by atoms with Crippen molar-refractivity contribution >= 4 is 39.1 Å². The van der Waals surface area contributed by atoms with Gasteiger partial charge in [-0.3, -0.25) is 13.9 Å². The van der Waals surface area contributed by atoms with Gasteiger partial charge in [-0.2, -0.15) is 0 Å². The van der Waals surface area contributed by atoms with Gasteiger partial charge in [0.05, 0.1) is 29.8 Å². The van der Waals surface area contributed by atoms with Crippen molar-refractivity contribution in [3.05, 3.63) is 119 Å². The standard InChI is InChI=1S/C37H42ClN3O6S/c1-6-27(3)39-37(43)34(22-28-11-8-7-9-12-28)40(24-29-13-10-14-31(21-29)46-4)36(42)25-41(30-17-20-35(47-5)33(38)23-30)48(44,45)32-18-15-26(2)16-19-32/h7-21,23,27,34H,6,22,24-25H2,1-5H3,(H,39,43)/t27-,34+/m0/s1. The van der Waals surface area contributed by atoms with Crippen LogP contribution in [-0.2, 0) is 32.6 Å². The number of carbonyl (C=O) groups excluding carboxylic acids is 2. The predicted octanol–water partition coefficient (Wildman–Crippen LogP) is 6.42. The molecule has 0 fully saturated rings. The van der Waals surface area contributed by atoms with Crippen LogP contribution in [-0.4, -0.2) is 58.0 Å². The Hall–Kier alpha value is -4.54. The lowest BCUT2D eigenvalue weighted by molar-refractivity contribution is -0.140. The van der Waals surface area contributed by atoms with Crippen LogP contribution in [0.5, 0.6) is 11.5 Å². The average Bonchev–Trinajstić information content (AvgIpc) is 3.09. The second-order valence-electron chi connectivity index (χ2n) is 11.5. The van der Waals surface area contributed by atoms with Gasteiger partial charge in [0.1, 0.15) is 24.1 Å². The monoisotopic (exact) mass is 691 g/mol. The number of nitrogens with one attached hydrogen (secondary N) is 1. The molecule has 48 heavy (non-hydrogen) atoms. The number of hydrogen-bond donors (Lipinski definition) is 1. The summed E-state index contributed by atoms with van der Waals surface area (Å²) in [7, 11) is -1.27. The molecule has 1 N–H and O–H groups in total. The Balaban J connectivity index is 1.84. The first-order valence-electron chi connectivity index (χ1n) is 15.7. The molecule has 0 aliphatic heterocycles. The number of amides is 2. The number of ether oxygens (including phenoxy) is 2. The maximum absolute atomic E-state index is 14.7. The molecule has 0 aromatic heterocycles. The van der Waals surface area contributed by atoms with Crippen molar-refractivity contribution < 1.29 is 27.5 Å². The highest BCUT2D eigenvalue weighted by Gasteiger charge is 2.35. The molecule has 2 amide bonds. The first-order chi connectivity index (χ1) is 23.0. The van der Waals surface area contributed by atoms with Gasteiger partial charge in [0.2, 0.25) is 11.8 Å². The molecule has 0 heterocycles. The summed E-state index contributed by atoms with van der Waals surface area (Å²) >= 11 is 6.46. The third-order valence-electron chi connectivity index (χ3n) is 8.07. The number of benzene rings is 4. The third-order valence-corrected chi connectivity index (χ3v) is 10.2. The van der Waals surface area contributed by atoms with Gasteiger partial charge < -0.3 is 19.7 Å². The van der Waals surface area contributed by atoms with E-state index in [1.165, 1.54) is 36.3 Å². The first kappa shape index (κ1) is 36.3. The predicted molar refractivity (Wildman–Crippen MR) is 189 cm³/mol. The number of hydrogen-bond acceptors (Lipinski definition) is 6. The lowest BCUT2D eigenvalue weighted by Crippen LogP contribution is -2.54. The zero-order chi connectivity index (χ0) is 34.8. The summed E-state index contributed by atoms with van der Waals surface area (Å²) in [5, 5.41) is 3.21. The van der Waals surface area contributed by atoms with Crippen molar-refractivity contribution in [2.75, 3.05) is 25.1 Å². The molecule has 0 aliphatic rings. The average molecular weight is 692 g/mol. The van der Waals surface area contributed by atoms with Gasteiger partial charge in [-0.25, -0.2) is 8.42 Å². The SMILES string of the molecule is CC[C@H](C)NC(=O)[C@@H](Cc1ccccc1)N(Cc1cccc(OC)c1)C(=O)CN(c1ccc(OC)c(Cl)c1)S(=O)(=O)c1ccc(C)cc1. The molecule has 2 atom stereocenters. The summed E-state index contributed by atoms with van der Waals surface area (Å²) < 4.78 is 40.3. The lowest BCUT2D eigenvalue weighted by Gasteiger charge is -2.34. The van der Waals surface area contributed by atoms with Crippen LogP contribution in [0.25, 0.3) is 0 Å². The summed E-state index contributed by atoms with van der Waals surface area (Å²) in [6.45, 7) is 5.13. The Bertz CT molecular complexity index is 1800. The second-order valence-corrected chi connectivity index (χ2v) is 13.8.